The van der Waals surface area contributed by atoms with Crippen LogP contribution in [0.1, 0.15) is 5.56 Å². The molecule has 0 saturated carbocycles. The number of carbonyl (C=O) groups excluding carboxylic acids is 1. The second-order valence-electron chi connectivity index (χ2n) is 3.82. The Hall–Kier alpha value is -1.08. The summed E-state index contributed by atoms with van der Waals surface area (Å²) in [6.45, 7) is -0.886. The SMILES string of the molecule is O=C(OCc1ccc(Br)cc1)C1(C(F)(F)F)CO1. The first-order valence-corrected chi connectivity index (χ1v) is 5.77. The van der Waals surface area contributed by atoms with Crippen LogP contribution in [0.25, 0.3) is 0 Å². The summed E-state index contributed by atoms with van der Waals surface area (Å²) in [5.41, 5.74) is -2.15. The van der Waals surface area contributed by atoms with Gasteiger partial charge in [-0.3, -0.25) is 0 Å². The van der Waals surface area contributed by atoms with E-state index in [1.807, 2.05) is 0 Å². The van der Waals surface area contributed by atoms with Gasteiger partial charge in [0.2, 0.25) is 0 Å². The van der Waals surface area contributed by atoms with Crippen molar-refractivity contribution in [3.05, 3.63) is 34.3 Å². The second-order valence-corrected chi connectivity index (χ2v) is 4.73. The summed E-state index contributed by atoms with van der Waals surface area (Å²) in [6, 6.07) is 6.70. The van der Waals surface area contributed by atoms with Gasteiger partial charge in [-0.1, -0.05) is 28.1 Å². The number of epoxide rings is 1. The van der Waals surface area contributed by atoms with E-state index in [2.05, 4.69) is 25.4 Å². The molecule has 1 aromatic carbocycles. The molecule has 0 aromatic heterocycles. The zero-order valence-corrected chi connectivity index (χ0v) is 10.5. The van der Waals surface area contributed by atoms with Crippen molar-refractivity contribution in [3.8, 4) is 0 Å². The molecule has 1 saturated heterocycles. The number of carbonyl (C=O) groups is 1. The maximum atomic E-state index is 12.5. The summed E-state index contributed by atoms with van der Waals surface area (Å²) in [7, 11) is 0. The Balaban J connectivity index is 1.95. The topological polar surface area (TPSA) is 38.8 Å². The van der Waals surface area contributed by atoms with E-state index in [0.29, 0.717) is 5.56 Å². The van der Waals surface area contributed by atoms with Crippen molar-refractivity contribution < 1.29 is 27.4 Å². The lowest BCUT2D eigenvalue weighted by atomic mass is 10.1. The maximum Gasteiger partial charge on any atom is 0.430 e. The van der Waals surface area contributed by atoms with Crippen molar-refractivity contribution in [3.63, 3.8) is 0 Å². The molecule has 1 atom stereocenters. The van der Waals surface area contributed by atoms with E-state index < -0.39 is 24.4 Å². The number of hydrogen-bond donors (Lipinski definition) is 0. The Morgan fingerprint density at radius 1 is 1.39 bits per heavy atom. The lowest BCUT2D eigenvalue weighted by molar-refractivity contribution is -0.204. The van der Waals surface area contributed by atoms with E-state index in [1.165, 1.54) is 0 Å². The molecule has 1 aromatic rings. The average molecular weight is 325 g/mol. The summed E-state index contributed by atoms with van der Waals surface area (Å²) < 4.78 is 47.2. The minimum Gasteiger partial charge on any atom is -0.458 e. The fourth-order valence-corrected chi connectivity index (χ4v) is 1.58. The van der Waals surface area contributed by atoms with E-state index in [1.54, 1.807) is 24.3 Å². The van der Waals surface area contributed by atoms with Gasteiger partial charge < -0.3 is 9.47 Å². The summed E-state index contributed by atoms with van der Waals surface area (Å²) in [5, 5.41) is 0. The molecule has 0 amide bonds. The van der Waals surface area contributed by atoms with Crippen LogP contribution in [0.4, 0.5) is 13.2 Å². The first-order chi connectivity index (χ1) is 8.35. The molecule has 2 rings (SSSR count). The van der Waals surface area contributed by atoms with Crippen LogP contribution in [0.15, 0.2) is 28.7 Å². The molecule has 1 aliphatic rings. The fourth-order valence-electron chi connectivity index (χ4n) is 1.32. The normalized spacial score (nSPS) is 22.7. The van der Waals surface area contributed by atoms with E-state index in [4.69, 9.17) is 0 Å². The van der Waals surface area contributed by atoms with Gasteiger partial charge in [-0.15, -0.1) is 0 Å². The molecule has 0 aliphatic carbocycles. The Kier molecular flexibility index (Phi) is 3.37. The molecule has 0 radical (unpaired) electrons. The van der Waals surface area contributed by atoms with Crippen molar-refractivity contribution >= 4 is 21.9 Å². The molecular formula is C11H8BrF3O3. The highest BCUT2D eigenvalue weighted by atomic mass is 79.9. The average Bonchev–Trinajstić information content (AvgIpc) is 3.08. The molecule has 98 valence electrons. The van der Waals surface area contributed by atoms with Crippen molar-refractivity contribution in [2.24, 2.45) is 0 Å². The maximum absolute atomic E-state index is 12.5. The van der Waals surface area contributed by atoms with Crippen LogP contribution in [0.2, 0.25) is 0 Å². The summed E-state index contributed by atoms with van der Waals surface area (Å²) >= 11 is 3.22. The fraction of sp³-hybridized carbons (Fsp3) is 0.364. The molecule has 1 unspecified atom stereocenters. The van der Waals surface area contributed by atoms with Crippen LogP contribution >= 0.6 is 15.9 Å². The van der Waals surface area contributed by atoms with Gasteiger partial charge in [0.25, 0.3) is 5.60 Å². The standard InChI is InChI=1S/C11H8BrF3O3/c12-8-3-1-7(2-4-8)5-17-9(16)10(6-18-10)11(13,14)15/h1-4H,5-6H2. The van der Waals surface area contributed by atoms with E-state index in [-0.39, 0.29) is 6.61 Å². The Labute approximate surface area is 109 Å². The van der Waals surface area contributed by atoms with Crippen LogP contribution in [0.3, 0.4) is 0 Å². The Bertz CT molecular complexity index is 452. The summed E-state index contributed by atoms with van der Waals surface area (Å²) in [5.74, 6) is -1.39. The van der Waals surface area contributed by atoms with Crippen molar-refractivity contribution in [2.45, 2.75) is 18.4 Å². The van der Waals surface area contributed by atoms with Crippen LogP contribution in [0, 0.1) is 0 Å². The number of rotatable bonds is 3. The Morgan fingerprint density at radius 3 is 2.39 bits per heavy atom. The molecule has 1 aliphatic heterocycles. The summed E-state index contributed by atoms with van der Waals surface area (Å²) in [4.78, 5) is 11.3. The van der Waals surface area contributed by atoms with Crippen LogP contribution in [0.5, 0.6) is 0 Å². The van der Waals surface area contributed by atoms with Gasteiger partial charge >= 0.3 is 12.1 Å². The van der Waals surface area contributed by atoms with Crippen molar-refractivity contribution in [1.82, 2.24) is 0 Å². The molecule has 7 heteroatoms. The molecule has 0 spiro atoms. The van der Waals surface area contributed by atoms with Gasteiger partial charge in [0.1, 0.15) is 6.61 Å². The highest BCUT2D eigenvalue weighted by Gasteiger charge is 2.72. The van der Waals surface area contributed by atoms with E-state index >= 15 is 0 Å². The van der Waals surface area contributed by atoms with Gasteiger partial charge in [0.05, 0.1) is 6.61 Å². The number of alkyl halides is 3. The molecule has 0 bridgehead atoms. The molecule has 18 heavy (non-hydrogen) atoms. The van der Waals surface area contributed by atoms with E-state index in [9.17, 15) is 18.0 Å². The van der Waals surface area contributed by atoms with Crippen LogP contribution < -0.4 is 0 Å². The lowest BCUT2D eigenvalue weighted by Gasteiger charge is -2.14. The van der Waals surface area contributed by atoms with Gasteiger partial charge in [-0.2, -0.15) is 13.2 Å². The van der Waals surface area contributed by atoms with Crippen molar-refractivity contribution in [1.29, 1.82) is 0 Å². The third-order valence-corrected chi connectivity index (χ3v) is 3.03. The molecule has 1 heterocycles. The van der Waals surface area contributed by atoms with Crippen LogP contribution in [-0.2, 0) is 20.9 Å². The molecule has 3 nitrogen and oxygen atoms in total. The quantitative estimate of drug-likeness (QED) is 0.634. The minimum atomic E-state index is -4.73. The Morgan fingerprint density at radius 2 is 1.94 bits per heavy atom. The second kappa shape index (κ2) is 4.55. The number of ether oxygens (including phenoxy) is 2. The first kappa shape index (κ1) is 13.4. The third kappa shape index (κ3) is 2.51. The van der Waals surface area contributed by atoms with Gasteiger partial charge in [0, 0.05) is 4.47 Å². The number of hydrogen-bond acceptors (Lipinski definition) is 3. The number of esters is 1. The van der Waals surface area contributed by atoms with Gasteiger partial charge in [-0.25, -0.2) is 4.79 Å². The minimum absolute atomic E-state index is 0.215. The first-order valence-electron chi connectivity index (χ1n) is 4.97. The zero-order chi connectivity index (χ0) is 13.4. The van der Waals surface area contributed by atoms with Crippen LogP contribution in [-0.4, -0.2) is 24.4 Å². The van der Waals surface area contributed by atoms with E-state index in [0.717, 1.165) is 4.47 Å². The molecular weight excluding hydrogens is 317 g/mol. The van der Waals surface area contributed by atoms with Gasteiger partial charge in [-0.05, 0) is 17.7 Å². The third-order valence-electron chi connectivity index (χ3n) is 2.50. The largest absolute Gasteiger partial charge is 0.458 e. The number of halogens is 4. The smallest absolute Gasteiger partial charge is 0.430 e. The monoisotopic (exact) mass is 324 g/mol. The highest BCUT2D eigenvalue weighted by molar-refractivity contribution is 9.10. The highest BCUT2D eigenvalue weighted by Crippen LogP contribution is 2.44. The summed E-state index contributed by atoms with van der Waals surface area (Å²) in [6.07, 6.45) is -4.73. The molecule has 1 fully saturated rings. The van der Waals surface area contributed by atoms with Crippen molar-refractivity contribution in [2.75, 3.05) is 6.61 Å². The number of benzene rings is 1. The lowest BCUT2D eigenvalue weighted by Crippen LogP contribution is -2.41. The predicted octanol–water partition coefficient (Wildman–Crippen LogP) is 2.82. The van der Waals surface area contributed by atoms with Gasteiger partial charge in [0.15, 0.2) is 0 Å². The molecule has 0 N–H and O–H groups in total. The zero-order valence-electron chi connectivity index (χ0n) is 8.96. The predicted molar refractivity (Wildman–Crippen MR) is 58.7 cm³/mol.